The first kappa shape index (κ1) is 19.4. The first-order valence-electron chi connectivity index (χ1n) is 9.62. The Bertz CT molecular complexity index is 864. The minimum atomic E-state index is -0.162. The van der Waals surface area contributed by atoms with Gasteiger partial charge >= 0.3 is 6.03 Å². The van der Waals surface area contributed by atoms with E-state index in [1.807, 2.05) is 12.1 Å². The van der Waals surface area contributed by atoms with Gasteiger partial charge in [0, 0.05) is 42.7 Å². The van der Waals surface area contributed by atoms with Crippen LogP contribution in [-0.2, 0) is 4.79 Å². The summed E-state index contributed by atoms with van der Waals surface area (Å²) in [5.74, 6) is 0.392. The van der Waals surface area contributed by atoms with Crippen molar-refractivity contribution < 1.29 is 14.3 Å². The van der Waals surface area contributed by atoms with E-state index < -0.39 is 0 Å². The van der Waals surface area contributed by atoms with E-state index in [-0.39, 0.29) is 24.6 Å². The summed E-state index contributed by atoms with van der Waals surface area (Å²) in [6, 6.07) is 6.96. The molecule has 3 amide bonds. The molecule has 0 radical (unpaired) electrons. The van der Waals surface area contributed by atoms with E-state index in [4.69, 9.17) is 16.3 Å². The number of hydrogen-bond donors (Lipinski definition) is 0. The van der Waals surface area contributed by atoms with Crippen LogP contribution in [0.2, 0.25) is 5.02 Å². The van der Waals surface area contributed by atoms with Crippen LogP contribution < -0.4 is 9.64 Å². The van der Waals surface area contributed by atoms with Gasteiger partial charge in [0.1, 0.15) is 12.6 Å². The predicted octanol–water partition coefficient (Wildman–Crippen LogP) is 2.44. The third kappa shape index (κ3) is 4.59. The standard InChI is InChI=1S/C20H22ClN5O3/c21-15-3-5-16(6-4-15)26-11-10-25(20(26)28)14-19(27)24-9-1-2-17(13-24)29-18-12-22-7-8-23-18/h3-8,12,17H,1-2,9-11,13-14H2. The SMILES string of the molecule is O=C(CN1CCN(c2ccc(Cl)cc2)C1=O)N1CCCC(Oc2cnccn2)C1. The third-order valence-electron chi connectivity index (χ3n) is 5.12. The van der Waals surface area contributed by atoms with E-state index >= 15 is 0 Å². The second-order valence-electron chi connectivity index (χ2n) is 7.10. The van der Waals surface area contributed by atoms with Crippen LogP contribution in [0.25, 0.3) is 0 Å². The van der Waals surface area contributed by atoms with Gasteiger partial charge in [-0.15, -0.1) is 0 Å². The lowest BCUT2D eigenvalue weighted by Crippen LogP contribution is -2.48. The van der Waals surface area contributed by atoms with E-state index in [0.717, 1.165) is 18.5 Å². The zero-order chi connectivity index (χ0) is 20.2. The summed E-state index contributed by atoms with van der Waals surface area (Å²) in [7, 11) is 0. The van der Waals surface area contributed by atoms with Crippen molar-refractivity contribution in [1.82, 2.24) is 19.8 Å². The molecule has 0 spiro atoms. The molecule has 3 heterocycles. The van der Waals surface area contributed by atoms with Gasteiger partial charge < -0.3 is 14.5 Å². The molecule has 152 valence electrons. The van der Waals surface area contributed by atoms with E-state index in [1.54, 1.807) is 45.4 Å². The maximum atomic E-state index is 12.8. The molecular weight excluding hydrogens is 394 g/mol. The van der Waals surface area contributed by atoms with Gasteiger partial charge in [-0.2, -0.15) is 0 Å². The smallest absolute Gasteiger partial charge is 0.325 e. The number of ether oxygens (including phenoxy) is 1. The van der Waals surface area contributed by atoms with E-state index in [9.17, 15) is 9.59 Å². The van der Waals surface area contributed by atoms with Gasteiger partial charge in [0.25, 0.3) is 0 Å². The molecule has 1 aromatic carbocycles. The number of nitrogens with zero attached hydrogens (tertiary/aromatic N) is 5. The summed E-state index contributed by atoms with van der Waals surface area (Å²) in [6.07, 6.45) is 6.31. The summed E-state index contributed by atoms with van der Waals surface area (Å²) in [6.45, 7) is 2.29. The molecule has 9 heteroatoms. The highest BCUT2D eigenvalue weighted by Crippen LogP contribution is 2.23. The van der Waals surface area contributed by atoms with Crippen LogP contribution in [0.5, 0.6) is 5.88 Å². The largest absolute Gasteiger partial charge is 0.471 e. The average Bonchev–Trinajstić information content (AvgIpc) is 3.10. The Balaban J connectivity index is 1.33. The fourth-order valence-electron chi connectivity index (χ4n) is 3.63. The number of benzene rings is 1. The van der Waals surface area contributed by atoms with E-state index in [1.165, 1.54) is 0 Å². The summed E-state index contributed by atoms with van der Waals surface area (Å²) >= 11 is 5.92. The Labute approximate surface area is 174 Å². The number of amides is 3. The fourth-order valence-corrected chi connectivity index (χ4v) is 3.76. The second kappa shape index (κ2) is 8.65. The molecule has 1 aromatic heterocycles. The monoisotopic (exact) mass is 415 g/mol. The van der Waals surface area contributed by atoms with Crippen LogP contribution in [0.15, 0.2) is 42.9 Å². The average molecular weight is 416 g/mol. The summed E-state index contributed by atoms with van der Waals surface area (Å²) < 4.78 is 5.84. The molecule has 0 bridgehead atoms. The molecule has 0 saturated carbocycles. The van der Waals surface area contributed by atoms with Crippen molar-refractivity contribution in [2.75, 3.05) is 37.6 Å². The topological polar surface area (TPSA) is 78.9 Å². The number of carbonyl (C=O) groups excluding carboxylic acids is 2. The Morgan fingerprint density at radius 3 is 2.76 bits per heavy atom. The van der Waals surface area contributed by atoms with Gasteiger partial charge in [0.15, 0.2) is 0 Å². The molecule has 1 atom stereocenters. The highest BCUT2D eigenvalue weighted by Gasteiger charge is 2.33. The Morgan fingerprint density at radius 1 is 1.17 bits per heavy atom. The van der Waals surface area contributed by atoms with Crippen LogP contribution in [0.4, 0.5) is 10.5 Å². The number of hydrogen-bond acceptors (Lipinski definition) is 5. The second-order valence-corrected chi connectivity index (χ2v) is 7.53. The van der Waals surface area contributed by atoms with Crippen molar-refractivity contribution in [2.24, 2.45) is 0 Å². The van der Waals surface area contributed by atoms with Gasteiger partial charge in [-0.05, 0) is 37.1 Å². The Hall–Kier alpha value is -2.87. The highest BCUT2D eigenvalue weighted by atomic mass is 35.5. The lowest BCUT2D eigenvalue weighted by atomic mass is 10.1. The summed E-state index contributed by atoms with van der Waals surface area (Å²) in [4.78, 5) is 38.7. The number of rotatable bonds is 5. The third-order valence-corrected chi connectivity index (χ3v) is 5.37. The van der Waals surface area contributed by atoms with Crippen molar-refractivity contribution in [3.05, 3.63) is 47.9 Å². The van der Waals surface area contributed by atoms with Gasteiger partial charge in [-0.3, -0.25) is 14.7 Å². The summed E-state index contributed by atoms with van der Waals surface area (Å²) in [5, 5.41) is 0.621. The number of anilines is 1. The van der Waals surface area contributed by atoms with E-state index in [0.29, 0.717) is 37.1 Å². The van der Waals surface area contributed by atoms with Crippen molar-refractivity contribution in [3.63, 3.8) is 0 Å². The molecule has 29 heavy (non-hydrogen) atoms. The highest BCUT2D eigenvalue weighted by molar-refractivity contribution is 6.30. The zero-order valence-electron chi connectivity index (χ0n) is 15.9. The number of aromatic nitrogens is 2. The molecule has 2 aliphatic rings. The normalized spacial score (nSPS) is 19.6. The minimum absolute atomic E-state index is 0.0660. The molecule has 2 saturated heterocycles. The maximum absolute atomic E-state index is 12.8. The number of likely N-dealkylation sites (tertiary alicyclic amines) is 1. The van der Waals surface area contributed by atoms with Gasteiger partial charge in [-0.25, -0.2) is 9.78 Å². The molecule has 0 aliphatic carbocycles. The molecule has 2 aromatic rings. The number of urea groups is 1. The predicted molar refractivity (Wildman–Crippen MR) is 108 cm³/mol. The fraction of sp³-hybridized carbons (Fsp3) is 0.400. The lowest BCUT2D eigenvalue weighted by Gasteiger charge is -2.33. The Kier molecular flexibility index (Phi) is 5.80. The van der Waals surface area contributed by atoms with Crippen molar-refractivity contribution in [1.29, 1.82) is 0 Å². The van der Waals surface area contributed by atoms with Gasteiger partial charge in [0.2, 0.25) is 11.8 Å². The molecule has 8 nitrogen and oxygen atoms in total. The van der Waals surface area contributed by atoms with Crippen molar-refractivity contribution >= 4 is 29.2 Å². The quantitative estimate of drug-likeness (QED) is 0.749. The Morgan fingerprint density at radius 2 is 2.00 bits per heavy atom. The van der Waals surface area contributed by atoms with Crippen LogP contribution in [-0.4, -0.2) is 70.5 Å². The van der Waals surface area contributed by atoms with Crippen LogP contribution >= 0.6 is 11.6 Å². The van der Waals surface area contributed by atoms with Crippen LogP contribution in [0.3, 0.4) is 0 Å². The zero-order valence-corrected chi connectivity index (χ0v) is 16.7. The first-order chi connectivity index (χ1) is 14.1. The van der Waals surface area contributed by atoms with E-state index in [2.05, 4.69) is 9.97 Å². The molecule has 1 unspecified atom stereocenters. The molecule has 2 aliphatic heterocycles. The van der Waals surface area contributed by atoms with Crippen molar-refractivity contribution in [3.8, 4) is 5.88 Å². The van der Waals surface area contributed by atoms with Gasteiger partial charge in [-0.1, -0.05) is 11.6 Å². The van der Waals surface area contributed by atoms with Crippen molar-refractivity contribution in [2.45, 2.75) is 18.9 Å². The number of halogens is 1. The number of piperidine rings is 1. The van der Waals surface area contributed by atoms with Crippen LogP contribution in [0, 0.1) is 0 Å². The number of carbonyl (C=O) groups is 2. The molecular formula is C20H22ClN5O3. The molecule has 2 fully saturated rings. The van der Waals surface area contributed by atoms with Gasteiger partial charge in [0.05, 0.1) is 12.7 Å². The maximum Gasteiger partial charge on any atom is 0.325 e. The minimum Gasteiger partial charge on any atom is -0.471 e. The summed E-state index contributed by atoms with van der Waals surface area (Å²) in [5.41, 5.74) is 0.782. The molecule has 0 N–H and O–H groups in total. The molecule has 4 rings (SSSR count). The van der Waals surface area contributed by atoms with Crippen LogP contribution in [0.1, 0.15) is 12.8 Å². The first-order valence-corrected chi connectivity index (χ1v) is 10.0. The lowest BCUT2D eigenvalue weighted by molar-refractivity contribution is -0.134.